The molecule has 1 heterocycles. The third-order valence-corrected chi connectivity index (χ3v) is 2.70. The molecule has 2 N–H and O–H groups in total. The Hall–Kier alpha value is -2.18. The first-order valence-electron chi connectivity index (χ1n) is 5.89. The average Bonchev–Trinajstić information content (AvgIpc) is 2.66. The SMILES string of the molecule is CC(C)N(C)C(=O)CCC(=O)On1c(O)ccc1O. The van der Waals surface area contributed by atoms with Crippen molar-refractivity contribution in [2.45, 2.75) is 32.7 Å². The molecule has 0 aliphatic rings. The van der Waals surface area contributed by atoms with Gasteiger partial charge in [-0.1, -0.05) is 0 Å². The predicted molar refractivity (Wildman–Crippen MR) is 66.5 cm³/mol. The second-order valence-corrected chi connectivity index (χ2v) is 4.41. The van der Waals surface area contributed by atoms with Gasteiger partial charge in [0.1, 0.15) is 0 Å². The summed E-state index contributed by atoms with van der Waals surface area (Å²) in [5.41, 5.74) is 0. The molecule has 0 fully saturated rings. The minimum Gasteiger partial charge on any atom is -0.492 e. The van der Waals surface area contributed by atoms with Gasteiger partial charge in [0.15, 0.2) is 0 Å². The van der Waals surface area contributed by atoms with Crippen LogP contribution in [-0.2, 0) is 9.59 Å². The van der Waals surface area contributed by atoms with Gasteiger partial charge in [-0.2, -0.15) is 0 Å². The van der Waals surface area contributed by atoms with Crippen LogP contribution in [0.4, 0.5) is 0 Å². The topological polar surface area (TPSA) is 92.0 Å². The highest BCUT2D eigenvalue weighted by atomic mass is 16.7. The van der Waals surface area contributed by atoms with Gasteiger partial charge in [-0.15, -0.1) is 4.73 Å². The molecule has 0 spiro atoms. The molecule has 1 aromatic heterocycles. The maximum Gasteiger partial charge on any atom is 0.333 e. The van der Waals surface area contributed by atoms with Gasteiger partial charge in [-0.05, 0) is 13.8 Å². The van der Waals surface area contributed by atoms with Crippen molar-refractivity contribution >= 4 is 11.9 Å². The van der Waals surface area contributed by atoms with Gasteiger partial charge in [0, 0.05) is 31.6 Å². The lowest BCUT2D eigenvalue weighted by Gasteiger charge is -2.21. The highest BCUT2D eigenvalue weighted by Crippen LogP contribution is 2.18. The van der Waals surface area contributed by atoms with Gasteiger partial charge in [-0.3, -0.25) is 4.79 Å². The van der Waals surface area contributed by atoms with Crippen LogP contribution in [0, 0.1) is 0 Å². The first-order valence-corrected chi connectivity index (χ1v) is 5.89. The summed E-state index contributed by atoms with van der Waals surface area (Å²) in [6, 6.07) is 2.42. The molecule has 0 saturated carbocycles. The molecule has 1 rings (SSSR count). The monoisotopic (exact) mass is 270 g/mol. The van der Waals surface area contributed by atoms with E-state index in [-0.39, 0.29) is 24.8 Å². The quantitative estimate of drug-likeness (QED) is 0.813. The summed E-state index contributed by atoms with van der Waals surface area (Å²) < 4.78 is 0.596. The van der Waals surface area contributed by atoms with E-state index in [1.54, 1.807) is 7.05 Å². The van der Waals surface area contributed by atoms with Crippen molar-refractivity contribution in [1.29, 1.82) is 0 Å². The van der Waals surface area contributed by atoms with Crippen LogP contribution in [0.15, 0.2) is 12.1 Å². The van der Waals surface area contributed by atoms with E-state index < -0.39 is 17.7 Å². The van der Waals surface area contributed by atoms with Crippen molar-refractivity contribution in [1.82, 2.24) is 9.63 Å². The zero-order chi connectivity index (χ0) is 14.6. The lowest BCUT2D eigenvalue weighted by molar-refractivity contribution is -0.147. The maximum absolute atomic E-state index is 11.6. The van der Waals surface area contributed by atoms with E-state index in [9.17, 15) is 19.8 Å². The Kier molecular flexibility index (Phi) is 4.80. The third-order valence-electron chi connectivity index (χ3n) is 2.70. The molecule has 0 unspecified atom stereocenters. The number of aromatic hydroxyl groups is 2. The van der Waals surface area contributed by atoms with Gasteiger partial charge in [0.25, 0.3) is 0 Å². The van der Waals surface area contributed by atoms with E-state index in [0.717, 1.165) is 0 Å². The summed E-state index contributed by atoms with van der Waals surface area (Å²) >= 11 is 0. The number of aromatic nitrogens is 1. The molecule has 0 aromatic carbocycles. The number of rotatable bonds is 5. The van der Waals surface area contributed by atoms with E-state index in [1.807, 2.05) is 13.8 Å². The van der Waals surface area contributed by atoms with Crippen LogP contribution in [0.3, 0.4) is 0 Å². The smallest absolute Gasteiger partial charge is 0.333 e. The van der Waals surface area contributed by atoms with Crippen LogP contribution < -0.4 is 4.84 Å². The molecule has 7 nitrogen and oxygen atoms in total. The normalized spacial score (nSPS) is 10.5. The molecule has 19 heavy (non-hydrogen) atoms. The maximum atomic E-state index is 11.6. The fourth-order valence-electron chi connectivity index (χ4n) is 1.32. The van der Waals surface area contributed by atoms with E-state index in [2.05, 4.69) is 0 Å². The summed E-state index contributed by atoms with van der Waals surface area (Å²) in [7, 11) is 1.65. The Morgan fingerprint density at radius 3 is 2.26 bits per heavy atom. The van der Waals surface area contributed by atoms with Crippen LogP contribution in [0.1, 0.15) is 26.7 Å². The molecule has 1 amide bonds. The number of nitrogens with zero attached hydrogens (tertiary/aromatic N) is 2. The molecule has 0 bridgehead atoms. The van der Waals surface area contributed by atoms with Crippen molar-refractivity contribution in [3.8, 4) is 11.8 Å². The second-order valence-electron chi connectivity index (χ2n) is 4.41. The van der Waals surface area contributed by atoms with E-state index in [4.69, 9.17) is 4.84 Å². The molecule has 0 aliphatic carbocycles. The fraction of sp³-hybridized carbons (Fsp3) is 0.500. The number of amides is 1. The van der Waals surface area contributed by atoms with Crippen molar-refractivity contribution in [3.05, 3.63) is 12.1 Å². The number of hydrogen-bond acceptors (Lipinski definition) is 5. The Morgan fingerprint density at radius 2 is 1.79 bits per heavy atom. The highest BCUT2D eigenvalue weighted by Gasteiger charge is 2.16. The molecule has 1 aromatic rings. The molecule has 0 radical (unpaired) electrons. The van der Waals surface area contributed by atoms with Crippen LogP contribution in [0.25, 0.3) is 0 Å². The zero-order valence-electron chi connectivity index (χ0n) is 11.2. The minimum absolute atomic E-state index is 0.0102. The van der Waals surface area contributed by atoms with Crippen LogP contribution in [-0.4, -0.2) is 44.8 Å². The lowest BCUT2D eigenvalue weighted by atomic mass is 10.2. The number of hydrogen-bond donors (Lipinski definition) is 2. The van der Waals surface area contributed by atoms with Gasteiger partial charge in [-0.25, -0.2) is 4.79 Å². The van der Waals surface area contributed by atoms with Crippen molar-refractivity contribution in [2.75, 3.05) is 7.05 Å². The minimum atomic E-state index is -0.715. The molecule has 0 saturated heterocycles. The zero-order valence-corrected chi connectivity index (χ0v) is 11.2. The molecular formula is C12H18N2O5. The van der Waals surface area contributed by atoms with Gasteiger partial charge in [0.2, 0.25) is 17.7 Å². The third kappa shape index (κ3) is 3.90. The fourth-order valence-corrected chi connectivity index (χ4v) is 1.32. The summed E-state index contributed by atoms with van der Waals surface area (Å²) in [6.45, 7) is 3.73. The number of carbonyl (C=O) groups is 2. The van der Waals surface area contributed by atoms with E-state index >= 15 is 0 Å². The van der Waals surface area contributed by atoms with Crippen LogP contribution in [0.2, 0.25) is 0 Å². The van der Waals surface area contributed by atoms with Crippen LogP contribution in [0.5, 0.6) is 11.8 Å². The summed E-state index contributed by atoms with van der Waals surface area (Å²) in [5, 5.41) is 18.5. The molecule has 7 heteroatoms. The average molecular weight is 270 g/mol. The number of carbonyl (C=O) groups excluding carboxylic acids is 2. The Bertz CT molecular complexity index is 447. The summed E-state index contributed by atoms with van der Waals surface area (Å²) in [6.07, 6.45) is -0.122. The summed E-state index contributed by atoms with van der Waals surface area (Å²) in [5.74, 6) is -1.67. The van der Waals surface area contributed by atoms with Gasteiger partial charge < -0.3 is 20.0 Å². The van der Waals surface area contributed by atoms with Crippen molar-refractivity contribution in [3.63, 3.8) is 0 Å². The predicted octanol–water partition coefficient (Wildman–Crippen LogP) is 0.501. The van der Waals surface area contributed by atoms with E-state index in [1.165, 1.54) is 17.0 Å². The lowest BCUT2D eigenvalue weighted by Crippen LogP contribution is -2.33. The Balaban J connectivity index is 2.47. The van der Waals surface area contributed by atoms with Crippen LogP contribution >= 0.6 is 0 Å². The molecule has 106 valence electrons. The largest absolute Gasteiger partial charge is 0.492 e. The Labute approximate surface area is 111 Å². The molecule has 0 aliphatic heterocycles. The van der Waals surface area contributed by atoms with Gasteiger partial charge in [0.05, 0.1) is 6.42 Å². The van der Waals surface area contributed by atoms with Crippen molar-refractivity contribution in [2.24, 2.45) is 0 Å². The van der Waals surface area contributed by atoms with Crippen molar-refractivity contribution < 1.29 is 24.6 Å². The second kappa shape index (κ2) is 6.12. The first-order chi connectivity index (χ1) is 8.82. The molecule has 0 atom stereocenters. The summed E-state index contributed by atoms with van der Waals surface area (Å²) in [4.78, 5) is 29.4. The van der Waals surface area contributed by atoms with E-state index in [0.29, 0.717) is 4.73 Å². The Morgan fingerprint density at radius 1 is 1.26 bits per heavy atom. The molecular weight excluding hydrogens is 252 g/mol. The first kappa shape index (κ1) is 14.9. The highest BCUT2D eigenvalue weighted by molar-refractivity contribution is 5.81. The van der Waals surface area contributed by atoms with Gasteiger partial charge >= 0.3 is 5.97 Å². The standard InChI is InChI=1S/C12H18N2O5/c1-8(2)13(3)9(15)6-7-12(18)19-14-10(16)4-5-11(14)17/h4-5,8,16-17H,6-7H2,1-3H3.